The van der Waals surface area contributed by atoms with E-state index in [1.807, 2.05) is 24.8 Å². The molecule has 4 heteroatoms. The standard InChI is InChI=1S/C17H26N4/c1-3-10-19-16(5-4-15-8-11-18-12-9-15)6-7-17-20-13-14-21(17)2/h8-9,11-14,16,19H,3-7,10H2,1-2H3. The summed E-state index contributed by atoms with van der Waals surface area (Å²) >= 11 is 0. The van der Waals surface area contributed by atoms with Crippen LogP contribution in [0.15, 0.2) is 36.9 Å². The Morgan fingerprint density at radius 3 is 2.57 bits per heavy atom. The number of pyridine rings is 1. The summed E-state index contributed by atoms with van der Waals surface area (Å²) in [5.74, 6) is 1.17. The lowest BCUT2D eigenvalue weighted by atomic mass is 10.0. The molecule has 1 N–H and O–H groups in total. The van der Waals surface area contributed by atoms with Gasteiger partial charge in [-0.3, -0.25) is 4.98 Å². The minimum Gasteiger partial charge on any atom is -0.338 e. The number of imidazole rings is 1. The van der Waals surface area contributed by atoms with E-state index >= 15 is 0 Å². The Labute approximate surface area is 127 Å². The maximum Gasteiger partial charge on any atom is 0.108 e. The Morgan fingerprint density at radius 1 is 1.14 bits per heavy atom. The molecule has 0 aliphatic carbocycles. The number of aromatic nitrogens is 3. The Kier molecular flexibility index (Phi) is 6.41. The summed E-state index contributed by atoms with van der Waals surface area (Å²) in [6.07, 6.45) is 13.2. The molecule has 2 aromatic rings. The van der Waals surface area contributed by atoms with Gasteiger partial charge < -0.3 is 9.88 Å². The van der Waals surface area contributed by atoms with Crippen molar-refractivity contribution in [3.8, 4) is 0 Å². The number of hydrogen-bond donors (Lipinski definition) is 1. The highest BCUT2D eigenvalue weighted by atomic mass is 15.0. The average Bonchev–Trinajstić information content (AvgIpc) is 2.93. The lowest BCUT2D eigenvalue weighted by molar-refractivity contribution is 0.447. The van der Waals surface area contributed by atoms with Gasteiger partial charge in [0.05, 0.1) is 0 Å². The van der Waals surface area contributed by atoms with Gasteiger partial charge in [0, 0.05) is 44.3 Å². The third kappa shape index (κ3) is 5.31. The molecular weight excluding hydrogens is 260 g/mol. The summed E-state index contributed by atoms with van der Waals surface area (Å²) in [6.45, 7) is 3.30. The van der Waals surface area contributed by atoms with E-state index in [0.717, 1.165) is 32.2 Å². The van der Waals surface area contributed by atoms with Crippen LogP contribution in [-0.4, -0.2) is 27.1 Å². The lowest BCUT2D eigenvalue weighted by Gasteiger charge is -2.18. The van der Waals surface area contributed by atoms with E-state index < -0.39 is 0 Å². The molecule has 0 amide bonds. The van der Waals surface area contributed by atoms with Crippen LogP contribution in [0.2, 0.25) is 0 Å². The molecular formula is C17H26N4. The maximum atomic E-state index is 4.41. The van der Waals surface area contributed by atoms with Gasteiger partial charge in [-0.25, -0.2) is 4.98 Å². The van der Waals surface area contributed by atoms with E-state index in [9.17, 15) is 0 Å². The topological polar surface area (TPSA) is 42.7 Å². The van der Waals surface area contributed by atoms with Crippen molar-refractivity contribution >= 4 is 0 Å². The Morgan fingerprint density at radius 2 is 1.90 bits per heavy atom. The van der Waals surface area contributed by atoms with Gasteiger partial charge in [0.2, 0.25) is 0 Å². The lowest BCUT2D eigenvalue weighted by Crippen LogP contribution is -2.31. The predicted octanol–water partition coefficient (Wildman–Crippen LogP) is 2.75. The first-order valence-corrected chi connectivity index (χ1v) is 7.88. The van der Waals surface area contributed by atoms with Crippen LogP contribution in [0.1, 0.15) is 37.6 Å². The highest BCUT2D eigenvalue weighted by Gasteiger charge is 2.10. The molecule has 0 aliphatic rings. The van der Waals surface area contributed by atoms with Crippen molar-refractivity contribution in [3.63, 3.8) is 0 Å². The number of nitrogens with zero attached hydrogens (tertiary/aromatic N) is 3. The molecule has 4 nitrogen and oxygen atoms in total. The van der Waals surface area contributed by atoms with Crippen LogP contribution in [-0.2, 0) is 19.9 Å². The molecule has 0 bridgehead atoms. The van der Waals surface area contributed by atoms with Crippen LogP contribution < -0.4 is 5.32 Å². The molecule has 2 aromatic heterocycles. The van der Waals surface area contributed by atoms with E-state index in [4.69, 9.17) is 0 Å². The third-order valence-corrected chi connectivity index (χ3v) is 3.85. The summed E-state index contributed by atoms with van der Waals surface area (Å²) in [6, 6.07) is 4.76. The molecule has 0 saturated carbocycles. The van der Waals surface area contributed by atoms with Gasteiger partial charge in [0.15, 0.2) is 0 Å². The summed E-state index contributed by atoms with van der Waals surface area (Å²) in [5.41, 5.74) is 1.37. The van der Waals surface area contributed by atoms with E-state index in [-0.39, 0.29) is 0 Å². The molecule has 1 unspecified atom stereocenters. The molecule has 0 spiro atoms. The van der Waals surface area contributed by atoms with Crippen LogP contribution in [0.5, 0.6) is 0 Å². The molecule has 0 saturated heterocycles. The Bertz CT molecular complexity index is 507. The summed E-state index contributed by atoms with van der Waals surface area (Å²) in [5, 5.41) is 3.67. The van der Waals surface area contributed by atoms with Crippen LogP contribution in [0.3, 0.4) is 0 Å². The fourth-order valence-electron chi connectivity index (χ4n) is 2.53. The van der Waals surface area contributed by atoms with E-state index in [1.165, 1.54) is 17.8 Å². The van der Waals surface area contributed by atoms with Gasteiger partial charge in [-0.2, -0.15) is 0 Å². The van der Waals surface area contributed by atoms with Gasteiger partial charge >= 0.3 is 0 Å². The van der Waals surface area contributed by atoms with Crippen molar-refractivity contribution < 1.29 is 0 Å². The van der Waals surface area contributed by atoms with Crippen LogP contribution in [0, 0.1) is 0 Å². The molecule has 2 heterocycles. The van der Waals surface area contributed by atoms with Crippen molar-refractivity contribution in [1.29, 1.82) is 0 Å². The van der Waals surface area contributed by atoms with E-state index in [2.05, 4.69) is 46.0 Å². The van der Waals surface area contributed by atoms with Gasteiger partial charge in [0.1, 0.15) is 5.82 Å². The molecule has 2 rings (SSSR count). The zero-order chi connectivity index (χ0) is 14.9. The molecule has 114 valence electrons. The fourth-order valence-corrected chi connectivity index (χ4v) is 2.53. The first-order valence-electron chi connectivity index (χ1n) is 7.88. The molecule has 1 atom stereocenters. The second kappa shape index (κ2) is 8.57. The quantitative estimate of drug-likeness (QED) is 0.771. The van der Waals surface area contributed by atoms with E-state index in [0.29, 0.717) is 6.04 Å². The van der Waals surface area contributed by atoms with Gasteiger partial charge in [-0.15, -0.1) is 0 Å². The van der Waals surface area contributed by atoms with Crippen LogP contribution in [0.4, 0.5) is 0 Å². The Hall–Kier alpha value is -1.68. The first-order chi connectivity index (χ1) is 10.3. The van der Waals surface area contributed by atoms with Crippen LogP contribution in [0.25, 0.3) is 0 Å². The maximum absolute atomic E-state index is 4.41. The van der Waals surface area contributed by atoms with Crippen molar-refractivity contribution in [2.75, 3.05) is 6.54 Å². The minimum atomic E-state index is 0.551. The van der Waals surface area contributed by atoms with E-state index in [1.54, 1.807) is 0 Å². The van der Waals surface area contributed by atoms with Gasteiger partial charge in [-0.05, 0) is 49.9 Å². The number of hydrogen-bond acceptors (Lipinski definition) is 3. The third-order valence-electron chi connectivity index (χ3n) is 3.85. The summed E-state index contributed by atoms with van der Waals surface area (Å²) < 4.78 is 2.11. The summed E-state index contributed by atoms with van der Waals surface area (Å²) in [4.78, 5) is 8.49. The monoisotopic (exact) mass is 286 g/mol. The normalized spacial score (nSPS) is 12.5. The molecule has 0 aliphatic heterocycles. The highest BCUT2D eigenvalue weighted by molar-refractivity contribution is 5.09. The molecule has 0 fully saturated rings. The van der Waals surface area contributed by atoms with Gasteiger partial charge in [0.25, 0.3) is 0 Å². The number of nitrogens with one attached hydrogen (secondary N) is 1. The number of aryl methyl sites for hydroxylation is 3. The SMILES string of the molecule is CCCNC(CCc1ccncc1)CCc1nccn1C. The smallest absolute Gasteiger partial charge is 0.108 e. The largest absolute Gasteiger partial charge is 0.338 e. The zero-order valence-electron chi connectivity index (χ0n) is 13.1. The molecule has 0 aromatic carbocycles. The second-order valence-corrected chi connectivity index (χ2v) is 5.54. The highest BCUT2D eigenvalue weighted by Crippen LogP contribution is 2.10. The van der Waals surface area contributed by atoms with Crippen molar-refractivity contribution in [2.24, 2.45) is 7.05 Å². The van der Waals surface area contributed by atoms with Gasteiger partial charge in [-0.1, -0.05) is 6.92 Å². The van der Waals surface area contributed by atoms with Crippen LogP contribution >= 0.6 is 0 Å². The fraction of sp³-hybridized carbons (Fsp3) is 0.529. The van der Waals surface area contributed by atoms with Crippen molar-refractivity contribution in [3.05, 3.63) is 48.3 Å². The van der Waals surface area contributed by atoms with Crippen molar-refractivity contribution in [2.45, 2.75) is 45.1 Å². The first kappa shape index (κ1) is 15.7. The van der Waals surface area contributed by atoms with Crippen molar-refractivity contribution in [1.82, 2.24) is 19.9 Å². The number of rotatable bonds is 9. The zero-order valence-corrected chi connectivity index (χ0v) is 13.1. The molecule has 21 heavy (non-hydrogen) atoms. The second-order valence-electron chi connectivity index (χ2n) is 5.54. The predicted molar refractivity (Wildman–Crippen MR) is 86.2 cm³/mol. The minimum absolute atomic E-state index is 0.551. The average molecular weight is 286 g/mol. The summed E-state index contributed by atoms with van der Waals surface area (Å²) in [7, 11) is 2.06. The molecule has 0 radical (unpaired) electrons. The Balaban J connectivity index is 1.83.